The van der Waals surface area contributed by atoms with Gasteiger partial charge in [-0.25, -0.2) is 4.98 Å². The number of benzene rings is 3. The van der Waals surface area contributed by atoms with Crippen LogP contribution in [0.15, 0.2) is 60.9 Å². The van der Waals surface area contributed by atoms with Crippen LogP contribution in [0.3, 0.4) is 0 Å². The van der Waals surface area contributed by atoms with E-state index in [0.29, 0.717) is 6.61 Å². The van der Waals surface area contributed by atoms with E-state index in [-0.39, 0.29) is 0 Å². The summed E-state index contributed by atoms with van der Waals surface area (Å²) < 4.78 is 8.21. The molecule has 0 atom stereocenters. The van der Waals surface area contributed by atoms with Crippen molar-refractivity contribution in [3.8, 4) is 5.75 Å². The van der Waals surface area contributed by atoms with E-state index in [1.54, 1.807) is 0 Å². The Hall–Kier alpha value is -2.81. The molecule has 0 fully saturated rings. The van der Waals surface area contributed by atoms with Gasteiger partial charge in [0.2, 0.25) is 0 Å². The zero-order valence-electron chi connectivity index (χ0n) is 14.0. The maximum absolute atomic E-state index is 6.05. The van der Waals surface area contributed by atoms with Crippen LogP contribution < -0.4 is 4.74 Å². The van der Waals surface area contributed by atoms with Gasteiger partial charge in [-0.1, -0.05) is 36.4 Å². The number of aryl methyl sites for hydroxylation is 2. The standard InChI is InChI=1S/C21H20N2O/c1-15-12-19-20(13-16(15)2)23(14-22-19)10-11-24-21-9-5-7-17-6-3-4-8-18(17)21/h3-9,12-14H,10-11H2,1-2H3. The molecule has 1 heterocycles. The number of nitrogens with zero attached hydrogens (tertiary/aromatic N) is 2. The summed E-state index contributed by atoms with van der Waals surface area (Å²) in [5, 5.41) is 2.36. The molecule has 0 unspecified atom stereocenters. The predicted molar refractivity (Wildman–Crippen MR) is 98.7 cm³/mol. The Labute approximate surface area is 141 Å². The number of ether oxygens (including phenoxy) is 1. The van der Waals surface area contributed by atoms with Gasteiger partial charge in [0.05, 0.1) is 23.9 Å². The van der Waals surface area contributed by atoms with Gasteiger partial charge in [-0.3, -0.25) is 0 Å². The summed E-state index contributed by atoms with van der Waals surface area (Å²) in [6, 6.07) is 18.8. The zero-order valence-corrected chi connectivity index (χ0v) is 14.0. The van der Waals surface area contributed by atoms with Crippen molar-refractivity contribution in [2.24, 2.45) is 0 Å². The minimum Gasteiger partial charge on any atom is -0.491 e. The first kappa shape index (κ1) is 14.8. The fourth-order valence-corrected chi connectivity index (χ4v) is 3.07. The van der Waals surface area contributed by atoms with Crippen LogP contribution in [0.2, 0.25) is 0 Å². The van der Waals surface area contributed by atoms with E-state index in [1.807, 2.05) is 30.6 Å². The van der Waals surface area contributed by atoms with Crippen molar-refractivity contribution < 1.29 is 4.74 Å². The van der Waals surface area contributed by atoms with Crippen LogP contribution in [-0.2, 0) is 6.54 Å². The van der Waals surface area contributed by atoms with Gasteiger partial charge in [-0.2, -0.15) is 0 Å². The molecular weight excluding hydrogens is 296 g/mol. The van der Waals surface area contributed by atoms with Crippen LogP contribution in [0.1, 0.15) is 11.1 Å². The number of fused-ring (bicyclic) bond motifs is 2. The van der Waals surface area contributed by atoms with E-state index in [1.165, 1.54) is 22.0 Å². The Balaban J connectivity index is 1.54. The third-order valence-corrected chi connectivity index (χ3v) is 4.58. The van der Waals surface area contributed by atoms with Crippen LogP contribution in [0.25, 0.3) is 21.8 Å². The number of hydrogen-bond donors (Lipinski definition) is 0. The molecule has 24 heavy (non-hydrogen) atoms. The maximum atomic E-state index is 6.05. The average molecular weight is 316 g/mol. The highest BCUT2D eigenvalue weighted by Gasteiger charge is 2.06. The van der Waals surface area contributed by atoms with Gasteiger partial charge >= 0.3 is 0 Å². The van der Waals surface area contributed by atoms with Crippen LogP contribution >= 0.6 is 0 Å². The largest absolute Gasteiger partial charge is 0.491 e. The van der Waals surface area contributed by atoms with Crippen molar-refractivity contribution in [1.29, 1.82) is 0 Å². The molecule has 3 aromatic carbocycles. The molecule has 0 aliphatic rings. The monoisotopic (exact) mass is 316 g/mol. The molecular formula is C21H20N2O. The average Bonchev–Trinajstić information content (AvgIpc) is 2.97. The van der Waals surface area contributed by atoms with Gasteiger partial charge in [0.1, 0.15) is 12.4 Å². The molecule has 0 saturated heterocycles. The predicted octanol–water partition coefficient (Wildman–Crippen LogP) is 4.89. The highest BCUT2D eigenvalue weighted by molar-refractivity contribution is 5.88. The number of imidazole rings is 1. The fraction of sp³-hybridized carbons (Fsp3) is 0.190. The molecule has 0 aliphatic heterocycles. The van der Waals surface area contributed by atoms with E-state index < -0.39 is 0 Å². The molecule has 4 rings (SSSR count). The Morgan fingerprint density at radius 1 is 0.958 bits per heavy atom. The van der Waals surface area contributed by atoms with Gasteiger partial charge in [0.15, 0.2) is 0 Å². The van der Waals surface area contributed by atoms with Crippen molar-refractivity contribution in [1.82, 2.24) is 9.55 Å². The fourth-order valence-electron chi connectivity index (χ4n) is 3.07. The molecule has 0 radical (unpaired) electrons. The van der Waals surface area contributed by atoms with E-state index in [4.69, 9.17) is 4.74 Å². The summed E-state index contributed by atoms with van der Waals surface area (Å²) in [4.78, 5) is 4.50. The molecule has 0 N–H and O–H groups in total. The SMILES string of the molecule is Cc1cc2ncn(CCOc3cccc4ccccc34)c2cc1C. The number of rotatable bonds is 4. The van der Waals surface area contributed by atoms with Crippen LogP contribution in [0.4, 0.5) is 0 Å². The normalized spacial score (nSPS) is 11.2. The lowest BCUT2D eigenvalue weighted by Crippen LogP contribution is -2.07. The Bertz CT molecular complexity index is 1010. The molecule has 0 bridgehead atoms. The minimum absolute atomic E-state index is 0.617. The third-order valence-electron chi connectivity index (χ3n) is 4.58. The summed E-state index contributed by atoms with van der Waals surface area (Å²) in [5.74, 6) is 0.935. The topological polar surface area (TPSA) is 27.1 Å². The van der Waals surface area contributed by atoms with Crippen LogP contribution in [0, 0.1) is 13.8 Å². The van der Waals surface area contributed by atoms with Crippen molar-refractivity contribution in [2.45, 2.75) is 20.4 Å². The molecule has 0 saturated carbocycles. The molecule has 1 aromatic heterocycles. The summed E-state index contributed by atoms with van der Waals surface area (Å²) in [6.45, 7) is 5.66. The first-order valence-electron chi connectivity index (χ1n) is 8.25. The summed E-state index contributed by atoms with van der Waals surface area (Å²) >= 11 is 0. The van der Waals surface area contributed by atoms with Crippen LogP contribution in [-0.4, -0.2) is 16.2 Å². The Kier molecular flexibility index (Phi) is 3.69. The zero-order chi connectivity index (χ0) is 16.5. The highest BCUT2D eigenvalue weighted by Crippen LogP contribution is 2.25. The van der Waals surface area contributed by atoms with Crippen LogP contribution in [0.5, 0.6) is 5.75 Å². The highest BCUT2D eigenvalue weighted by atomic mass is 16.5. The van der Waals surface area contributed by atoms with Gasteiger partial charge in [0.25, 0.3) is 0 Å². The van der Waals surface area contributed by atoms with Gasteiger partial charge in [0, 0.05) is 5.39 Å². The quantitative estimate of drug-likeness (QED) is 0.536. The molecule has 0 aliphatic carbocycles. The van der Waals surface area contributed by atoms with Gasteiger partial charge in [-0.15, -0.1) is 0 Å². The lowest BCUT2D eigenvalue weighted by Gasteiger charge is -2.10. The van der Waals surface area contributed by atoms with E-state index in [0.717, 1.165) is 23.2 Å². The van der Waals surface area contributed by atoms with E-state index in [9.17, 15) is 0 Å². The molecule has 0 amide bonds. The Morgan fingerprint density at radius 2 is 1.75 bits per heavy atom. The number of hydrogen-bond acceptors (Lipinski definition) is 2. The summed E-state index contributed by atoms with van der Waals surface area (Å²) in [7, 11) is 0. The smallest absolute Gasteiger partial charge is 0.127 e. The second-order valence-corrected chi connectivity index (χ2v) is 6.19. The first-order valence-corrected chi connectivity index (χ1v) is 8.25. The second-order valence-electron chi connectivity index (χ2n) is 6.19. The second kappa shape index (κ2) is 6.00. The minimum atomic E-state index is 0.617. The van der Waals surface area contributed by atoms with Crippen molar-refractivity contribution in [2.75, 3.05) is 6.61 Å². The van der Waals surface area contributed by atoms with Gasteiger partial charge < -0.3 is 9.30 Å². The molecule has 120 valence electrons. The third kappa shape index (κ3) is 2.62. The molecule has 4 aromatic rings. The molecule has 3 nitrogen and oxygen atoms in total. The van der Waals surface area contributed by atoms with E-state index in [2.05, 4.69) is 53.7 Å². The first-order chi connectivity index (χ1) is 11.7. The van der Waals surface area contributed by atoms with E-state index >= 15 is 0 Å². The molecule has 3 heteroatoms. The Morgan fingerprint density at radius 3 is 2.67 bits per heavy atom. The molecule has 0 spiro atoms. The van der Waals surface area contributed by atoms with Gasteiger partial charge in [-0.05, 0) is 48.6 Å². The lowest BCUT2D eigenvalue weighted by atomic mass is 10.1. The van der Waals surface area contributed by atoms with Crippen molar-refractivity contribution >= 4 is 21.8 Å². The number of aromatic nitrogens is 2. The van der Waals surface area contributed by atoms with Crippen molar-refractivity contribution in [3.63, 3.8) is 0 Å². The van der Waals surface area contributed by atoms with Crippen molar-refractivity contribution in [3.05, 3.63) is 72.1 Å². The maximum Gasteiger partial charge on any atom is 0.127 e. The summed E-state index contributed by atoms with van der Waals surface area (Å²) in [6.07, 6.45) is 1.90. The lowest BCUT2D eigenvalue weighted by molar-refractivity contribution is 0.303. The summed E-state index contributed by atoms with van der Waals surface area (Å²) in [5.41, 5.74) is 4.78.